The van der Waals surface area contributed by atoms with Crippen molar-refractivity contribution in [3.8, 4) is 11.3 Å². The van der Waals surface area contributed by atoms with Crippen molar-refractivity contribution in [2.75, 3.05) is 12.4 Å². The Morgan fingerprint density at radius 1 is 0.920 bits per heavy atom. The number of furan rings is 1. The summed E-state index contributed by atoms with van der Waals surface area (Å²) in [6, 6.07) is 17.2. The summed E-state index contributed by atoms with van der Waals surface area (Å²) in [5.41, 5.74) is 1.60. The molecule has 0 saturated heterocycles. The van der Waals surface area contributed by atoms with Crippen LogP contribution in [0.25, 0.3) is 11.3 Å². The molecule has 0 radical (unpaired) electrons. The van der Waals surface area contributed by atoms with Gasteiger partial charge in [-0.15, -0.1) is 0 Å². The number of carbonyl (C=O) groups excluding carboxylic acids is 2. The van der Waals surface area contributed by atoms with Crippen molar-refractivity contribution < 1.29 is 14.0 Å². The molecule has 0 fully saturated rings. The highest BCUT2D eigenvalue weighted by atomic mass is 35.5. The van der Waals surface area contributed by atoms with Gasteiger partial charge >= 0.3 is 0 Å². The van der Waals surface area contributed by atoms with E-state index in [1.165, 1.54) is 7.05 Å². The molecule has 0 bridgehead atoms. The van der Waals surface area contributed by atoms with E-state index in [1.54, 1.807) is 48.5 Å². The molecule has 0 aliphatic heterocycles. The van der Waals surface area contributed by atoms with Crippen LogP contribution in [0, 0.1) is 0 Å². The number of nitrogens with one attached hydrogen (secondary N) is 2. The molecule has 1 aromatic heterocycles. The van der Waals surface area contributed by atoms with Crippen molar-refractivity contribution >= 4 is 29.1 Å². The molecule has 6 heteroatoms. The van der Waals surface area contributed by atoms with Gasteiger partial charge in [0.15, 0.2) is 5.76 Å². The Balaban J connectivity index is 1.81. The third kappa shape index (κ3) is 3.72. The van der Waals surface area contributed by atoms with E-state index in [2.05, 4.69) is 10.6 Å². The van der Waals surface area contributed by atoms with E-state index in [4.69, 9.17) is 16.0 Å². The number of amides is 2. The van der Waals surface area contributed by atoms with Crippen LogP contribution in [-0.4, -0.2) is 18.9 Å². The molecule has 0 aliphatic carbocycles. The maximum Gasteiger partial charge on any atom is 0.291 e. The van der Waals surface area contributed by atoms with Gasteiger partial charge in [0.1, 0.15) is 5.76 Å². The van der Waals surface area contributed by atoms with Gasteiger partial charge in [-0.25, -0.2) is 0 Å². The Morgan fingerprint density at radius 2 is 1.64 bits per heavy atom. The first-order chi connectivity index (χ1) is 12.1. The van der Waals surface area contributed by atoms with Crippen LogP contribution in [0.3, 0.4) is 0 Å². The maximum absolute atomic E-state index is 12.4. The fourth-order valence-corrected chi connectivity index (χ4v) is 2.46. The summed E-state index contributed by atoms with van der Waals surface area (Å²) in [4.78, 5) is 24.3. The molecule has 0 saturated carbocycles. The first-order valence-electron chi connectivity index (χ1n) is 7.56. The van der Waals surface area contributed by atoms with Gasteiger partial charge in [-0.05, 0) is 48.5 Å². The lowest BCUT2D eigenvalue weighted by Crippen LogP contribution is -2.21. The second kappa shape index (κ2) is 7.23. The standard InChI is InChI=1S/C19H15ClN2O3/c1-21-18(23)14-4-2-3-5-15(14)22-19(24)17-11-10-16(25-17)12-6-8-13(20)9-7-12/h2-11H,1H3,(H,21,23)(H,22,24). The lowest BCUT2D eigenvalue weighted by Gasteiger charge is -2.08. The van der Waals surface area contributed by atoms with Gasteiger partial charge in [0, 0.05) is 17.6 Å². The highest BCUT2D eigenvalue weighted by molar-refractivity contribution is 6.30. The van der Waals surface area contributed by atoms with Gasteiger partial charge in [-0.3, -0.25) is 9.59 Å². The number of rotatable bonds is 4. The number of anilines is 1. The summed E-state index contributed by atoms with van der Waals surface area (Å²) in [6.45, 7) is 0. The van der Waals surface area contributed by atoms with E-state index in [-0.39, 0.29) is 11.7 Å². The van der Waals surface area contributed by atoms with Crippen LogP contribution in [0.1, 0.15) is 20.9 Å². The monoisotopic (exact) mass is 354 g/mol. The average Bonchev–Trinajstić information content (AvgIpc) is 3.12. The molecule has 1 heterocycles. The van der Waals surface area contributed by atoms with Gasteiger partial charge in [-0.1, -0.05) is 23.7 Å². The third-order valence-corrected chi connectivity index (χ3v) is 3.86. The largest absolute Gasteiger partial charge is 0.451 e. The highest BCUT2D eigenvalue weighted by Crippen LogP contribution is 2.24. The van der Waals surface area contributed by atoms with Crippen molar-refractivity contribution in [1.82, 2.24) is 5.32 Å². The topological polar surface area (TPSA) is 71.3 Å². The Bertz CT molecular complexity index is 916. The van der Waals surface area contributed by atoms with Gasteiger partial charge in [0.05, 0.1) is 11.3 Å². The van der Waals surface area contributed by atoms with Crippen molar-refractivity contribution in [3.63, 3.8) is 0 Å². The van der Waals surface area contributed by atoms with E-state index in [9.17, 15) is 9.59 Å². The van der Waals surface area contributed by atoms with Crippen LogP contribution in [0.15, 0.2) is 65.1 Å². The smallest absolute Gasteiger partial charge is 0.291 e. The van der Waals surface area contributed by atoms with Crippen LogP contribution in [0.5, 0.6) is 0 Å². The number of halogens is 1. The summed E-state index contributed by atoms with van der Waals surface area (Å²) in [6.07, 6.45) is 0. The Hall–Kier alpha value is -3.05. The van der Waals surface area contributed by atoms with E-state index in [0.717, 1.165) is 5.56 Å². The van der Waals surface area contributed by atoms with Gasteiger partial charge in [-0.2, -0.15) is 0 Å². The molecule has 0 aliphatic rings. The van der Waals surface area contributed by atoms with E-state index in [1.807, 2.05) is 12.1 Å². The maximum atomic E-state index is 12.4. The first-order valence-corrected chi connectivity index (χ1v) is 7.94. The summed E-state index contributed by atoms with van der Waals surface area (Å²) < 4.78 is 5.61. The second-order valence-corrected chi connectivity index (χ2v) is 5.69. The molecule has 0 spiro atoms. The first kappa shape index (κ1) is 16.8. The molecule has 126 valence electrons. The third-order valence-electron chi connectivity index (χ3n) is 3.61. The summed E-state index contributed by atoms with van der Waals surface area (Å²) in [5.74, 6) is -0.00757. The molecule has 2 amide bonds. The molecule has 5 nitrogen and oxygen atoms in total. The van der Waals surface area contributed by atoms with Crippen LogP contribution < -0.4 is 10.6 Å². The lowest BCUT2D eigenvalue weighted by molar-refractivity contribution is 0.0964. The SMILES string of the molecule is CNC(=O)c1ccccc1NC(=O)c1ccc(-c2ccc(Cl)cc2)o1. The summed E-state index contributed by atoms with van der Waals surface area (Å²) in [5, 5.41) is 5.87. The van der Waals surface area contributed by atoms with Crippen molar-refractivity contribution in [1.29, 1.82) is 0 Å². The number of benzene rings is 2. The predicted octanol–water partition coefficient (Wildman–Crippen LogP) is 4.21. The minimum absolute atomic E-state index is 0.150. The summed E-state index contributed by atoms with van der Waals surface area (Å²) in [7, 11) is 1.53. The minimum atomic E-state index is -0.434. The number of hydrogen-bond donors (Lipinski definition) is 2. The number of hydrogen-bond acceptors (Lipinski definition) is 3. The number of para-hydroxylation sites is 1. The zero-order valence-electron chi connectivity index (χ0n) is 13.4. The molecule has 0 atom stereocenters. The van der Waals surface area contributed by atoms with Crippen molar-refractivity contribution in [2.24, 2.45) is 0 Å². The molecule has 25 heavy (non-hydrogen) atoms. The normalized spacial score (nSPS) is 10.3. The molecular formula is C19H15ClN2O3. The summed E-state index contributed by atoms with van der Waals surface area (Å²) >= 11 is 5.87. The Morgan fingerprint density at radius 3 is 2.36 bits per heavy atom. The fourth-order valence-electron chi connectivity index (χ4n) is 2.34. The van der Waals surface area contributed by atoms with Crippen LogP contribution in [-0.2, 0) is 0 Å². The minimum Gasteiger partial charge on any atom is -0.451 e. The molecule has 3 rings (SSSR count). The van der Waals surface area contributed by atoms with Crippen LogP contribution in [0.2, 0.25) is 5.02 Å². The van der Waals surface area contributed by atoms with Crippen molar-refractivity contribution in [2.45, 2.75) is 0 Å². The Labute approximate surface area is 149 Å². The van der Waals surface area contributed by atoms with Gasteiger partial charge < -0.3 is 15.1 Å². The molecule has 2 aromatic carbocycles. The lowest BCUT2D eigenvalue weighted by atomic mass is 10.1. The quantitative estimate of drug-likeness (QED) is 0.737. The van der Waals surface area contributed by atoms with Crippen LogP contribution in [0.4, 0.5) is 5.69 Å². The zero-order valence-corrected chi connectivity index (χ0v) is 14.1. The fraction of sp³-hybridized carbons (Fsp3) is 0.0526. The van der Waals surface area contributed by atoms with E-state index < -0.39 is 5.91 Å². The van der Waals surface area contributed by atoms with Gasteiger partial charge in [0.25, 0.3) is 11.8 Å². The number of carbonyl (C=O) groups is 2. The van der Waals surface area contributed by atoms with Crippen molar-refractivity contribution in [3.05, 3.63) is 77.0 Å². The highest BCUT2D eigenvalue weighted by Gasteiger charge is 2.16. The molecule has 0 unspecified atom stereocenters. The Kier molecular flexibility index (Phi) is 4.86. The average molecular weight is 355 g/mol. The second-order valence-electron chi connectivity index (χ2n) is 5.25. The molecule has 2 N–H and O–H groups in total. The molecule has 3 aromatic rings. The van der Waals surface area contributed by atoms with Crippen LogP contribution >= 0.6 is 11.6 Å². The zero-order chi connectivity index (χ0) is 17.8. The van der Waals surface area contributed by atoms with E-state index in [0.29, 0.717) is 22.0 Å². The predicted molar refractivity (Wildman–Crippen MR) is 96.9 cm³/mol. The van der Waals surface area contributed by atoms with Gasteiger partial charge in [0.2, 0.25) is 0 Å². The van der Waals surface area contributed by atoms with E-state index >= 15 is 0 Å². The molecular weight excluding hydrogens is 340 g/mol.